The van der Waals surface area contributed by atoms with E-state index in [9.17, 15) is 5.11 Å². The Kier molecular flexibility index (Phi) is 2.88. The molecule has 1 N–H and O–H groups in total. The van der Waals surface area contributed by atoms with Gasteiger partial charge in [-0.25, -0.2) is 0 Å². The smallest absolute Gasteiger partial charge is 0.0926 e. The van der Waals surface area contributed by atoms with Gasteiger partial charge in [-0.1, -0.05) is 26.2 Å². The summed E-state index contributed by atoms with van der Waals surface area (Å²) in [6, 6.07) is 2.00. The highest BCUT2D eigenvalue weighted by atomic mass is 32.1. The van der Waals surface area contributed by atoms with Gasteiger partial charge >= 0.3 is 0 Å². The first-order chi connectivity index (χ1) is 6.68. The van der Waals surface area contributed by atoms with Crippen LogP contribution >= 0.6 is 11.5 Å². The van der Waals surface area contributed by atoms with Crippen LogP contribution in [0.15, 0.2) is 6.07 Å². The summed E-state index contributed by atoms with van der Waals surface area (Å²) in [6.45, 7) is 4.13. The van der Waals surface area contributed by atoms with Gasteiger partial charge in [0.2, 0.25) is 0 Å². The van der Waals surface area contributed by atoms with Gasteiger partial charge in [-0.3, -0.25) is 0 Å². The predicted octanol–water partition coefficient (Wildman–Crippen LogP) is 2.92. The Morgan fingerprint density at radius 3 is 2.71 bits per heavy atom. The molecule has 14 heavy (non-hydrogen) atoms. The predicted molar refractivity (Wildman–Crippen MR) is 58.3 cm³/mol. The molecule has 1 aliphatic carbocycles. The van der Waals surface area contributed by atoms with Crippen LogP contribution in [-0.4, -0.2) is 9.48 Å². The lowest BCUT2D eigenvalue weighted by Crippen LogP contribution is -2.24. The van der Waals surface area contributed by atoms with Crippen LogP contribution in [-0.2, 0) is 0 Å². The van der Waals surface area contributed by atoms with Gasteiger partial charge in [0.15, 0.2) is 0 Å². The number of aliphatic hydroxyl groups is 1. The zero-order chi connectivity index (χ0) is 10.1. The molecule has 3 heteroatoms. The van der Waals surface area contributed by atoms with Crippen molar-refractivity contribution in [3.05, 3.63) is 16.6 Å². The molecule has 78 valence electrons. The lowest BCUT2D eigenvalue weighted by atomic mass is 9.74. The van der Waals surface area contributed by atoms with Crippen molar-refractivity contribution < 1.29 is 5.11 Å². The molecule has 2 atom stereocenters. The number of rotatable bonds is 3. The lowest BCUT2D eigenvalue weighted by Gasteiger charge is -2.33. The van der Waals surface area contributed by atoms with E-state index in [0.29, 0.717) is 5.92 Å². The minimum atomic E-state index is -0.300. The first kappa shape index (κ1) is 10.1. The number of aliphatic hydroxyl groups excluding tert-OH is 1. The van der Waals surface area contributed by atoms with Gasteiger partial charge in [-0.2, -0.15) is 4.37 Å². The van der Waals surface area contributed by atoms with Gasteiger partial charge in [0.05, 0.1) is 16.7 Å². The van der Waals surface area contributed by atoms with Gasteiger partial charge in [0, 0.05) is 0 Å². The van der Waals surface area contributed by atoms with Crippen molar-refractivity contribution in [2.45, 2.75) is 39.2 Å². The molecule has 1 saturated carbocycles. The Morgan fingerprint density at radius 2 is 2.29 bits per heavy atom. The maximum atomic E-state index is 10.1. The molecule has 0 saturated heterocycles. The topological polar surface area (TPSA) is 33.1 Å². The summed E-state index contributed by atoms with van der Waals surface area (Å²) in [5, 5.41) is 10.1. The molecule has 0 bridgehead atoms. The molecule has 2 nitrogen and oxygen atoms in total. The normalized spacial score (nSPS) is 21.6. The van der Waals surface area contributed by atoms with Crippen LogP contribution in [0.4, 0.5) is 0 Å². The second-order valence-corrected chi connectivity index (χ2v) is 5.20. The second kappa shape index (κ2) is 3.99. The van der Waals surface area contributed by atoms with Gasteiger partial charge in [0.1, 0.15) is 0 Å². The molecule has 2 unspecified atom stereocenters. The Balaban J connectivity index is 2.03. The van der Waals surface area contributed by atoms with Crippen LogP contribution in [0.1, 0.15) is 42.9 Å². The average molecular weight is 211 g/mol. The molecule has 1 fully saturated rings. The van der Waals surface area contributed by atoms with E-state index >= 15 is 0 Å². The zero-order valence-corrected chi connectivity index (χ0v) is 9.55. The first-order valence-electron chi connectivity index (χ1n) is 5.30. The fourth-order valence-corrected chi connectivity index (χ4v) is 2.85. The van der Waals surface area contributed by atoms with Gasteiger partial charge in [-0.15, -0.1) is 0 Å². The van der Waals surface area contributed by atoms with Crippen LogP contribution in [0, 0.1) is 18.8 Å². The van der Waals surface area contributed by atoms with Crippen molar-refractivity contribution in [1.82, 2.24) is 4.37 Å². The van der Waals surface area contributed by atoms with E-state index in [1.165, 1.54) is 30.8 Å². The Morgan fingerprint density at radius 1 is 1.57 bits per heavy atom. The SMILES string of the molecule is Cc1cc(C(O)C(C)C2CCC2)sn1. The molecule has 1 aliphatic rings. The van der Waals surface area contributed by atoms with Crippen molar-refractivity contribution in [2.75, 3.05) is 0 Å². The Labute approximate surface area is 89.1 Å². The van der Waals surface area contributed by atoms with Crippen molar-refractivity contribution in [2.24, 2.45) is 11.8 Å². The molecule has 0 aromatic carbocycles. The summed E-state index contributed by atoms with van der Waals surface area (Å²) in [5.74, 6) is 1.12. The lowest BCUT2D eigenvalue weighted by molar-refractivity contribution is 0.0559. The number of aromatic nitrogens is 1. The number of nitrogens with zero attached hydrogens (tertiary/aromatic N) is 1. The van der Waals surface area contributed by atoms with Crippen molar-refractivity contribution in [3.63, 3.8) is 0 Å². The van der Waals surface area contributed by atoms with Crippen molar-refractivity contribution >= 4 is 11.5 Å². The minimum absolute atomic E-state index is 0.300. The Bertz CT molecular complexity index is 306. The largest absolute Gasteiger partial charge is 0.387 e. The van der Waals surface area contributed by atoms with Crippen LogP contribution in [0.3, 0.4) is 0 Å². The number of aryl methyl sites for hydroxylation is 1. The minimum Gasteiger partial charge on any atom is -0.387 e. The van der Waals surface area contributed by atoms with Gasteiger partial charge < -0.3 is 5.11 Å². The zero-order valence-electron chi connectivity index (χ0n) is 8.73. The molecule has 0 aliphatic heterocycles. The van der Waals surface area contributed by atoms with Crippen molar-refractivity contribution in [3.8, 4) is 0 Å². The third-order valence-corrected chi connectivity index (χ3v) is 4.28. The highest BCUT2D eigenvalue weighted by Gasteiger charge is 2.30. The van der Waals surface area contributed by atoms with E-state index < -0.39 is 0 Å². The Hall–Kier alpha value is -0.410. The summed E-state index contributed by atoms with van der Waals surface area (Å²) in [5.41, 5.74) is 1.02. The van der Waals surface area contributed by atoms with E-state index in [-0.39, 0.29) is 6.10 Å². The maximum Gasteiger partial charge on any atom is 0.0926 e. The second-order valence-electron chi connectivity index (χ2n) is 4.37. The van der Waals surface area contributed by atoms with Crippen molar-refractivity contribution in [1.29, 1.82) is 0 Å². The molecule has 2 rings (SSSR count). The van der Waals surface area contributed by atoms with Crippen LogP contribution in [0.25, 0.3) is 0 Å². The van der Waals surface area contributed by atoms with E-state index in [2.05, 4.69) is 11.3 Å². The number of hydrogen-bond donors (Lipinski definition) is 1. The standard InChI is InChI=1S/C11H17NOS/c1-7-6-10(14-12-7)11(13)8(2)9-4-3-5-9/h6,8-9,11,13H,3-5H2,1-2H3. The van der Waals surface area contributed by atoms with E-state index in [0.717, 1.165) is 16.5 Å². The highest BCUT2D eigenvalue weighted by molar-refractivity contribution is 7.05. The van der Waals surface area contributed by atoms with Crippen LogP contribution < -0.4 is 0 Å². The molecule has 1 aromatic rings. The molecular weight excluding hydrogens is 194 g/mol. The number of hydrogen-bond acceptors (Lipinski definition) is 3. The van der Waals surface area contributed by atoms with E-state index in [1.807, 2.05) is 13.0 Å². The molecule has 1 heterocycles. The molecule has 0 amide bonds. The molecule has 0 radical (unpaired) electrons. The summed E-state index contributed by atoms with van der Waals surface area (Å²) in [4.78, 5) is 1.03. The van der Waals surface area contributed by atoms with Gasteiger partial charge in [-0.05, 0) is 36.4 Å². The fourth-order valence-electron chi connectivity index (χ4n) is 2.01. The molecule has 1 aromatic heterocycles. The summed E-state index contributed by atoms with van der Waals surface area (Å²) >= 11 is 1.44. The summed E-state index contributed by atoms with van der Waals surface area (Å²) in [7, 11) is 0. The fraction of sp³-hybridized carbons (Fsp3) is 0.727. The van der Waals surface area contributed by atoms with Gasteiger partial charge in [0.25, 0.3) is 0 Å². The molecule has 0 spiro atoms. The monoisotopic (exact) mass is 211 g/mol. The van der Waals surface area contributed by atoms with E-state index in [4.69, 9.17) is 0 Å². The van der Waals surface area contributed by atoms with E-state index in [1.54, 1.807) is 0 Å². The summed E-state index contributed by atoms with van der Waals surface area (Å²) < 4.78 is 4.20. The highest BCUT2D eigenvalue weighted by Crippen LogP contribution is 2.40. The summed E-state index contributed by atoms with van der Waals surface area (Å²) in [6.07, 6.45) is 3.61. The maximum absolute atomic E-state index is 10.1. The first-order valence-corrected chi connectivity index (χ1v) is 6.07. The third kappa shape index (κ3) is 1.84. The molecular formula is C11H17NOS. The van der Waals surface area contributed by atoms with Crippen LogP contribution in [0.2, 0.25) is 0 Å². The quantitative estimate of drug-likeness (QED) is 0.834. The average Bonchev–Trinajstić information content (AvgIpc) is 2.47. The van der Waals surface area contributed by atoms with Crippen LogP contribution in [0.5, 0.6) is 0 Å². The third-order valence-electron chi connectivity index (χ3n) is 3.33.